The highest BCUT2D eigenvalue weighted by Crippen LogP contribution is 2.29. The summed E-state index contributed by atoms with van der Waals surface area (Å²) in [7, 11) is 1.59. The maximum Gasteiger partial charge on any atom is 0.260 e. The van der Waals surface area contributed by atoms with E-state index >= 15 is 0 Å². The summed E-state index contributed by atoms with van der Waals surface area (Å²) in [6.45, 7) is 6.35. The van der Waals surface area contributed by atoms with E-state index in [1.165, 1.54) is 0 Å². The lowest BCUT2D eigenvalue weighted by molar-refractivity contribution is -0.127. The van der Waals surface area contributed by atoms with Crippen molar-refractivity contribution in [3.8, 4) is 11.5 Å². The molecule has 0 bridgehead atoms. The molecule has 0 aliphatic rings. The molecule has 1 aromatic carbocycles. The van der Waals surface area contributed by atoms with Gasteiger partial charge in [-0.25, -0.2) is 0 Å². The molecule has 21 heavy (non-hydrogen) atoms. The highest BCUT2D eigenvalue weighted by molar-refractivity contribution is 5.80. The van der Waals surface area contributed by atoms with Crippen molar-refractivity contribution in [2.75, 3.05) is 13.7 Å². The second-order valence-corrected chi connectivity index (χ2v) is 5.10. The second-order valence-electron chi connectivity index (χ2n) is 5.10. The van der Waals surface area contributed by atoms with Crippen LogP contribution in [0.25, 0.3) is 0 Å². The lowest BCUT2D eigenvalue weighted by Gasteiger charge is -2.19. The normalized spacial score (nSPS) is 13.4. The topological polar surface area (TPSA) is 73.6 Å². The number of unbranched alkanes of at least 4 members (excludes halogenated alkanes) is 1. The number of hydrogen-bond acceptors (Lipinski definition) is 4. The summed E-state index contributed by atoms with van der Waals surface area (Å²) in [5, 5.41) is 2.85. The first kappa shape index (κ1) is 17.3. The zero-order valence-corrected chi connectivity index (χ0v) is 13.3. The third-order valence-corrected chi connectivity index (χ3v) is 3.21. The number of nitrogens with two attached hydrogens (primary N) is 1. The third-order valence-electron chi connectivity index (χ3n) is 3.21. The van der Waals surface area contributed by atoms with Crippen molar-refractivity contribution < 1.29 is 14.3 Å². The number of amides is 1. The fourth-order valence-electron chi connectivity index (χ4n) is 1.90. The molecule has 0 radical (unpaired) electrons. The molecule has 5 nitrogen and oxygen atoms in total. The minimum Gasteiger partial charge on any atom is -0.497 e. The average Bonchev–Trinajstić information content (AvgIpc) is 2.46. The van der Waals surface area contributed by atoms with E-state index in [2.05, 4.69) is 12.2 Å². The van der Waals surface area contributed by atoms with Gasteiger partial charge in [-0.15, -0.1) is 0 Å². The van der Waals surface area contributed by atoms with E-state index in [-0.39, 0.29) is 11.9 Å². The summed E-state index contributed by atoms with van der Waals surface area (Å²) in [5.74, 6) is 1.14. The molecule has 0 aromatic heterocycles. The van der Waals surface area contributed by atoms with E-state index < -0.39 is 6.10 Å². The largest absolute Gasteiger partial charge is 0.497 e. The number of nitrogens with one attached hydrogen (secondary N) is 1. The molecule has 1 amide bonds. The Morgan fingerprint density at radius 1 is 1.38 bits per heavy atom. The minimum absolute atomic E-state index is 0.123. The molecule has 118 valence electrons. The second kappa shape index (κ2) is 8.52. The van der Waals surface area contributed by atoms with Gasteiger partial charge in [0, 0.05) is 24.2 Å². The molecule has 0 saturated heterocycles. The van der Waals surface area contributed by atoms with Crippen LogP contribution in [0.3, 0.4) is 0 Å². The van der Waals surface area contributed by atoms with Crippen LogP contribution >= 0.6 is 0 Å². The van der Waals surface area contributed by atoms with Gasteiger partial charge in [0.2, 0.25) is 0 Å². The van der Waals surface area contributed by atoms with Crippen molar-refractivity contribution >= 4 is 5.91 Å². The molecule has 0 saturated carbocycles. The van der Waals surface area contributed by atoms with E-state index in [1.54, 1.807) is 20.1 Å². The molecule has 2 atom stereocenters. The van der Waals surface area contributed by atoms with Crippen LogP contribution in [0.15, 0.2) is 18.2 Å². The fraction of sp³-hybridized carbons (Fsp3) is 0.562. The molecule has 0 aliphatic carbocycles. The first-order valence-corrected chi connectivity index (χ1v) is 7.37. The summed E-state index contributed by atoms with van der Waals surface area (Å²) in [5.41, 5.74) is 6.79. The zero-order valence-electron chi connectivity index (χ0n) is 13.3. The first-order valence-electron chi connectivity index (χ1n) is 7.37. The summed E-state index contributed by atoms with van der Waals surface area (Å²) in [4.78, 5) is 12.0. The Labute approximate surface area is 126 Å². The number of carbonyl (C=O) groups is 1. The van der Waals surface area contributed by atoms with Gasteiger partial charge < -0.3 is 20.5 Å². The monoisotopic (exact) mass is 294 g/mol. The Bertz CT molecular complexity index is 461. The van der Waals surface area contributed by atoms with Gasteiger partial charge in [-0.2, -0.15) is 0 Å². The van der Waals surface area contributed by atoms with E-state index in [9.17, 15) is 4.79 Å². The summed E-state index contributed by atoms with van der Waals surface area (Å²) < 4.78 is 11.0. The lowest BCUT2D eigenvalue weighted by Crippen LogP contribution is -2.37. The molecule has 3 N–H and O–H groups in total. The molecule has 1 rings (SSSR count). The Hall–Kier alpha value is -1.75. The van der Waals surface area contributed by atoms with Crippen LogP contribution in [0.2, 0.25) is 0 Å². The van der Waals surface area contributed by atoms with Crippen LogP contribution in [-0.2, 0) is 4.79 Å². The van der Waals surface area contributed by atoms with Crippen LogP contribution in [-0.4, -0.2) is 25.7 Å². The molecule has 0 aliphatic heterocycles. The van der Waals surface area contributed by atoms with Crippen molar-refractivity contribution in [3.05, 3.63) is 23.8 Å². The Balaban J connectivity index is 2.77. The summed E-state index contributed by atoms with van der Waals surface area (Å²) >= 11 is 0. The van der Waals surface area contributed by atoms with Gasteiger partial charge in [0.1, 0.15) is 11.5 Å². The Morgan fingerprint density at radius 2 is 2.10 bits per heavy atom. The van der Waals surface area contributed by atoms with Gasteiger partial charge >= 0.3 is 0 Å². The summed E-state index contributed by atoms with van der Waals surface area (Å²) in [6, 6.07) is 5.27. The minimum atomic E-state index is -0.577. The molecule has 1 aromatic rings. The molecular weight excluding hydrogens is 268 g/mol. The number of hydrogen-bond donors (Lipinski definition) is 2. The highest BCUT2D eigenvalue weighted by Gasteiger charge is 2.17. The van der Waals surface area contributed by atoms with Crippen LogP contribution in [0.1, 0.15) is 45.2 Å². The van der Waals surface area contributed by atoms with E-state index in [0.29, 0.717) is 18.0 Å². The van der Waals surface area contributed by atoms with Crippen molar-refractivity contribution in [3.63, 3.8) is 0 Å². The molecule has 0 heterocycles. The highest BCUT2D eigenvalue weighted by atomic mass is 16.5. The molecule has 0 spiro atoms. The van der Waals surface area contributed by atoms with E-state index in [4.69, 9.17) is 15.2 Å². The number of methoxy groups -OCH3 is 1. The quantitative estimate of drug-likeness (QED) is 0.722. The van der Waals surface area contributed by atoms with Gasteiger partial charge in [0.25, 0.3) is 5.91 Å². The lowest BCUT2D eigenvalue weighted by atomic mass is 10.1. The van der Waals surface area contributed by atoms with Crippen molar-refractivity contribution in [2.45, 2.75) is 45.8 Å². The van der Waals surface area contributed by atoms with Crippen LogP contribution < -0.4 is 20.5 Å². The van der Waals surface area contributed by atoms with Crippen molar-refractivity contribution in [1.82, 2.24) is 5.32 Å². The predicted octanol–water partition coefficient (Wildman–Crippen LogP) is 2.40. The van der Waals surface area contributed by atoms with Gasteiger partial charge in [-0.1, -0.05) is 19.4 Å². The van der Waals surface area contributed by atoms with Gasteiger partial charge in [0.15, 0.2) is 6.10 Å². The number of carbonyl (C=O) groups excluding carboxylic acids is 1. The maximum atomic E-state index is 12.0. The molecule has 2 unspecified atom stereocenters. The fourth-order valence-corrected chi connectivity index (χ4v) is 1.90. The number of ether oxygens (including phenoxy) is 2. The average molecular weight is 294 g/mol. The first-order chi connectivity index (χ1) is 9.99. The van der Waals surface area contributed by atoms with Crippen molar-refractivity contribution in [1.29, 1.82) is 0 Å². The predicted molar refractivity (Wildman–Crippen MR) is 83.6 cm³/mol. The third kappa shape index (κ3) is 5.27. The Kier molecular flexibility index (Phi) is 7.02. The van der Waals surface area contributed by atoms with Gasteiger partial charge in [-0.05, 0) is 26.3 Å². The molecule has 5 heteroatoms. The van der Waals surface area contributed by atoms with E-state index in [1.807, 2.05) is 19.1 Å². The maximum absolute atomic E-state index is 12.0. The van der Waals surface area contributed by atoms with Gasteiger partial charge in [0.05, 0.1) is 7.11 Å². The standard InChI is InChI=1S/C16H26N2O3/c1-5-6-9-18-16(19)12(3)21-15-10-13(20-4)7-8-14(15)11(2)17/h7-8,10-12H,5-6,9,17H2,1-4H3,(H,18,19). The Morgan fingerprint density at radius 3 is 2.67 bits per heavy atom. The van der Waals surface area contributed by atoms with Crippen LogP contribution in [0.5, 0.6) is 11.5 Å². The summed E-state index contributed by atoms with van der Waals surface area (Å²) in [6.07, 6.45) is 1.43. The van der Waals surface area contributed by atoms with Crippen molar-refractivity contribution in [2.24, 2.45) is 5.73 Å². The number of benzene rings is 1. The van der Waals surface area contributed by atoms with Gasteiger partial charge in [-0.3, -0.25) is 4.79 Å². The zero-order chi connectivity index (χ0) is 15.8. The number of rotatable bonds is 8. The molecular formula is C16H26N2O3. The van der Waals surface area contributed by atoms with Crippen LogP contribution in [0, 0.1) is 0 Å². The van der Waals surface area contributed by atoms with E-state index in [0.717, 1.165) is 18.4 Å². The molecule has 0 fully saturated rings. The SMILES string of the molecule is CCCCNC(=O)C(C)Oc1cc(OC)ccc1C(C)N. The van der Waals surface area contributed by atoms with Crippen LogP contribution in [0.4, 0.5) is 0 Å². The smallest absolute Gasteiger partial charge is 0.260 e.